The van der Waals surface area contributed by atoms with Crippen LogP contribution in [-0.2, 0) is 0 Å². The molecule has 0 N–H and O–H groups in total. The van der Waals surface area contributed by atoms with Crippen molar-refractivity contribution in [3.05, 3.63) is 23.0 Å². The molecule has 1 aliphatic rings. The van der Waals surface area contributed by atoms with E-state index in [2.05, 4.69) is 16.3 Å². The lowest BCUT2D eigenvalue weighted by atomic mass is 10.1. The number of amides is 1. The third-order valence-electron chi connectivity index (χ3n) is 3.60. The Kier molecular flexibility index (Phi) is 4.10. The fourth-order valence-corrected chi connectivity index (χ4v) is 2.58. The predicted molar refractivity (Wildman–Crippen MR) is 70.4 cm³/mol. The van der Waals surface area contributed by atoms with E-state index in [0.717, 1.165) is 31.4 Å². The number of carbonyl (C=O) groups is 1. The molecule has 0 atom stereocenters. The van der Waals surface area contributed by atoms with E-state index in [1.807, 2.05) is 6.92 Å². The Hall–Kier alpha value is -1.96. The zero-order valence-corrected chi connectivity index (χ0v) is 11.4. The van der Waals surface area contributed by atoms with E-state index in [1.54, 1.807) is 17.9 Å². The molecular formula is C14H18N4O. The van der Waals surface area contributed by atoms with Crippen LogP contribution in [0.3, 0.4) is 0 Å². The Morgan fingerprint density at radius 1 is 1.42 bits per heavy atom. The molecule has 5 heteroatoms. The Labute approximate surface area is 113 Å². The number of nitriles is 1. The van der Waals surface area contributed by atoms with Crippen LogP contribution < -0.4 is 0 Å². The second-order valence-electron chi connectivity index (χ2n) is 5.01. The number of nitrogens with zero attached hydrogens (tertiary/aromatic N) is 4. The summed E-state index contributed by atoms with van der Waals surface area (Å²) in [5.41, 5.74) is 1.91. The highest BCUT2D eigenvalue weighted by Gasteiger charge is 2.28. The van der Waals surface area contributed by atoms with Crippen molar-refractivity contribution in [1.29, 1.82) is 5.26 Å². The number of aromatic nitrogens is 2. The first kappa shape index (κ1) is 13.5. The Morgan fingerprint density at radius 3 is 2.74 bits per heavy atom. The molecule has 0 aromatic carbocycles. The maximum Gasteiger partial charge on any atom is 0.256 e. The molecule has 100 valence electrons. The van der Waals surface area contributed by atoms with Gasteiger partial charge in [-0.15, -0.1) is 0 Å². The molecule has 0 radical (unpaired) electrons. The first-order valence-corrected chi connectivity index (χ1v) is 6.62. The van der Waals surface area contributed by atoms with Gasteiger partial charge in [-0.2, -0.15) is 15.5 Å². The summed E-state index contributed by atoms with van der Waals surface area (Å²) in [5, 5.41) is 16.9. The van der Waals surface area contributed by atoms with Gasteiger partial charge in [-0.3, -0.25) is 4.79 Å². The summed E-state index contributed by atoms with van der Waals surface area (Å²) < 4.78 is 0. The summed E-state index contributed by atoms with van der Waals surface area (Å²) in [6, 6.07) is 4.05. The number of hydrogen-bond donors (Lipinski definition) is 0. The minimum absolute atomic E-state index is 0.0936. The maximum atomic E-state index is 12.6. The summed E-state index contributed by atoms with van der Waals surface area (Å²) >= 11 is 0. The molecule has 0 bridgehead atoms. The fraction of sp³-hybridized carbons (Fsp3) is 0.571. The highest BCUT2D eigenvalue weighted by atomic mass is 16.2. The molecule has 1 heterocycles. The van der Waals surface area contributed by atoms with Crippen LogP contribution >= 0.6 is 0 Å². The minimum atomic E-state index is -0.0936. The first-order valence-electron chi connectivity index (χ1n) is 6.62. The van der Waals surface area contributed by atoms with Crippen LogP contribution in [0.25, 0.3) is 0 Å². The van der Waals surface area contributed by atoms with Crippen LogP contribution in [0.15, 0.2) is 6.07 Å². The summed E-state index contributed by atoms with van der Waals surface area (Å²) in [7, 11) is 0. The monoisotopic (exact) mass is 258 g/mol. The van der Waals surface area contributed by atoms with Crippen LogP contribution in [0.2, 0.25) is 0 Å². The van der Waals surface area contributed by atoms with E-state index in [1.165, 1.54) is 0 Å². The lowest BCUT2D eigenvalue weighted by Crippen LogP contribution is -2.39. The average molecular weight is 258 g/mol. The predicted octanol–water partition coefficient (Wildman–Crippen LogP) is 2.00. The molecule has 19 heavy (non-hydrogen) atoms. The molecule has 0 unspecified atom stereocenters. The lowest BCUT2D eigenvalue weighted by molar-refractivity contribution is 0.0708. The second-order valence-corrected chi connectivity index (χ2v) is 5.01. The fourth-order valence-electron chi connectivity index (χ4n) is 2.58. The van der Waals surface area contributed by atoms with Crippen LogP contribution in [0.4, 0.5) is 0 Å². The van der Waals surface area contributed by atoms with E-state index >= 15 is 0 Å². The first-order chi connectivity index (χ1) is 9.13. The molecule has 0 spiro atoms. The van der Waals surface area contributed by atoms with Gasteiger partial charge >= 0.3 is 0 Å². The quantitative estimate of drug-likeness (QED) is 0.777. The van der Waals surface area contributed by atoms with Crippen molar-refractivity contribution in [2.75, 3.05) is 6.54 Å². The van der Waals surface area contributed by atoms with Crippen LogP contribution in [0.1, 0.15) is 47.4 Å². The van der Waals surface area contributed by atoms with Crippen molar-refractivity contribution < 1.29 is 4.79 Å². The van der Waals surface area contributed by atoms with Crippen molar-refractivity contribution in [3.63, 3.8) is 0 Å². The third kappa shape index (κ3) is 2.90. The molecule has 1 aliphatic carbocycles. The number of hydrogen-bond acceptors (Lipinski definition) is 4. The normalized spacial score (nSPS) is 15.2. The zero-order chi connectivity index (χ0) is 13.8. The molecular weight excluding hydrogens is 240 g/mol. The Balaban J connectivity index is 2.28. The molecule has 1 aromatic rings. The minimum Gasteiger partial charge on any atom is -0.322 e. The Bertz CT molecular complexity index is 515. The van der Waals surface area contributed by atoms with E-state index in [0.29, 0.717) is 11.3 Å². The number of aryl methyl sites for hydroxylation is 2. The van der Waals surface area contributed by atoms with Gasteiger partial charge in [0.1, 0.15) is 6.54 Å². The van der Waals surface area contributed by atoms with E-state index in [-0.39, 0.29) is 18.5 Å². The standard InChI is InChI=1S/C14H18N4O/c1-10-9-13(11(2)17-16-10)14(19)18(8-7-15)12-5-3-4-6-12/h9,12H,3-6,8H2,1-2H3. The summed E-state index contributed by atoms with van der Waals surface area (Å²) in [5.74, 6) is -0.0936. The van der Waals surface area contributed by atoms with Gasteiger partial charge in [-0.25, -0.2) is 0 Å². The lowest BCUT2D eigenvalue weighted by Gasteiger charge is -2.26. The van der Waals surface area contributed by atoms with Gasteiger partial charge in [0.15, 0.2) is 0 Å². The maximum absolute atomic E-state index is 12.6. The summed E-state index contributed by atoms with van der Waals surface area (Å²) in [6.07, 6.45) is 4.24. The zero-order valence-electron chi connectivity index (χ0n) is 11.4. The molecule has 1 amide bonds. The highest BCUT2D eigenvalue weighted by Crippen LogP contribution is 2.25. The van der Waals surface area contributed by atoms with Gasteiger partial charge in [0.2, 0.25) is 0 Å². The SMILES string of the molecule is Cc1cc(C(=O)N(CC#N)C2CCCC2)c(C)nn1. The molecule has 0 saturated heterocycles. The van der Waals surface area contributed by atoms with Crippen LogP contribution in [-0.4, -0.2) is 33.6 Å². The smallest absolute Gasteiger partial charge is 0.256 e. The van der Waals surface area contributed by atoms with Crippen molar-refractivity contribution in [2.24, 2.45) is 0 Å². The average Bonchev–Trinajstić information content (AvgIpc) is 2.92. The van der Waals surface area contributed by atoms with E-state index in [9.17, 15) is 4.79 Å². The van der Waals surface area contributed by atoms with Gasteiger partial charge < -0.3 is 4.90 Å². The van der Waals surface area contributed by atoms with Crippen LogP contribution in [0.5, 0.6) is 0 Å². The van der Waals surface area contributed by atoms with E-state index in [4.69, 9.17) is 5.26 Å². The highest BCUT2D eigenvalue weighted by molar-refractivity contribution is 5.95. The molecule has 0 aliphatic heterocycles. The van der Waals surface area contributed by atoms with Gasteiger partial charge in [0.25, 0.3) is 5.91 Å². The second kappa shape index (κ2) is 5.79. The molecule has 5 nitrogen and oxygen atoms in total. The Morgan fingerprint density at radius 2 is 2.11 bits per heavy atom. The van der Waals surface area contributed by atoms with Gasteiger partial charge in [-0.05, 0) is 32.8 Å². The van der Waals surface area contributed by atoms with Gasteiger partial charge in [0, 0.05) is 6.04 Å². The summed E-state index contributed by atoms with van der Waals surface area (Å²) in [6.45, 7) is 3.73. The van der Waals surface area contributed by atoms with Crippen molar-refractivity contribution >= 4 is 5.91 Å². The third-order valence-corrected chi connectivity index (χ3v) is 3.60. The topological polar surface area (TPSA) is 69.9 Å². The molecule has 1 saturated carbocycles. The summed E-state index contributed by atoms with van der Waals surface area (Å²) in [4.78, 5) is 14.3. The molecule has 1 fully saturated rings. The van der Waals surface area contributed by atoms with Crippen molar-refractivity contribution in [1.82, 2.24) is 15.1 Å². The van der Waals surface area contributed by atoms with Gasteiger partial charge in [-0.1, -0.05) is 12.8 Å². The van der Waals surface area contributed by atoms with Crippen molar-refractivity contribution in [3.8, 4) is 6.07 Å². The number of carbonyl (C=O) groups excluding carboxylic acids is 1. The number of rotatable bonds is 3. The van der Waals surface area contributed by atoms with Gasteiger partial charge in [0.05, 0.1) is 23.0 Å². The largest absolute Gasteiger partial charge is 0.322 e. The van der Waals surface area contributed by atoms with Crippen molar-refractivity contribution in [2.45, 2.75) is 45.6 Å². The van der Waals surface area contributed by atoms with E-state index < -0.39 is 0 Å². The molecule has 2 rings (SSSR count). The van der Waals surface area contributed by atoms with Crippen LogP contribution in [0, 0.1) is 25.2 Å². The molecule has 1 aromatic heterocycles.